The lowest BCUT2D eigenvalue weighted by Crippen LogP contribution is -2.56. The highest BCUT2D eigenvalue weighted by Gasteiger charge is 2.41. The summed E-state index contributed by atoms with van der Waals surface area (Å²) in [6.07, 6.45) is 1.73. The van der Waals surface area contributed by atoms with Crippen molar-refractivity contribution >= 4 is 11.8 Å². The van der Waals surface area contributed by atoms with Gasteiger partial charge in [-0.1, -0.05) is 24.3 Å². The summed E-state index contributed by atoms with van der Waals surface area (Å²) in [5, 5.41) is 0. The molecule has 2 saturated heterocycles. The van der Waals surface area contributed by atoms with E-state index in [0.29, 0.717) is 13.1 Å². The molecule has 2 heterocycles. The maximum atomic E-state index is 12.4. The molecule has 2 aliphatic rings. The molecule has 0 aromatic heterocycles. The van der Waals surface area contributed by atoms with E-state index < -0.39 is 0 Å². The van der Waals surface area contributed by atoms with Gasteiger partial charge < -0.3 is 15.5 Å². The van der Waals surface area contributed by atoms with Gasteiger partial charge in [0.1, 0.15) is 12.6 Å². The normalized spacial score (nSPS) is 22.4. The Kier molecular flexibility index (Phi) is 3.44. The van der Waals surface area contributed by atoms with Crippen molar-refractivity contribution in [2.24, 2.45) is 5.73 Å². The topological polar surface area (TPSA) is 66.6 Å². The molecule has 0 radical (unpaired) electrons. The highest BCUT2D eigenvalue weighted by atomic mass is 16.2. The highest BCUT2D eigenvalue weighted by Crippen LogP contribution is 2.24. The molecule has 1 unspecified atom stereocenters. The van der Waals surface area contributed by atoms with Crippen LogP contribution in [-0.4, -0.2) is 40.7 Å². The molecule has 20 heavy (non-hydrogen) atoms. The molecule has 1 aromatic rings. The Hall–Kier alpha value is -1.88. The molecule has 0 aliphatic carbocycles. The quantitative estimate of drug-likeness (QED) is 0.871. The molecule has 1 aromatic carbocycles. The summed E-state index contributed by atoms with van der Waals surface area (Å²) in [4.78, 5) is 27.8. The predicted octanol–water partition coefficient (Wildman–Crippen LogP) is 0.479. The largest absolute Gasteiger partial charge is 0.329 e. The fourth-order valence-electron chi connectivity index (χ4n) is 3.00. The second-order valence-electron chi connectivity index (χ2n) is 5.46. The smallest absolute Gasteiger partial charge is 0.246 e. The number of piperazine rings is 1. The molecule has 2 N–H and O–H groups in total. The first-order valence-electron chi connectivity index (χ1n) is 7.05. The van der Waals surface area contributed by atoms with Crippen LogP contribution in [0.2, 0.25) is 0 Å². The van der Waals surface area contributed by atoms with Crippen molar-refractivity contribution in [1.82, 2.24) is 9.80 Å². The standard InChI is InChI=1S/C15H19N3O2/c16-8-11-3-5-12(6-4-11)9-17-10-14(19)18-7-1-2-13(18)15(17)20/h3-6,13H,1-2,7-10,16H2. The van der Waals surface area contributed by atoms with Crippen molar-refractivity contribution in [3.63, 3.8) is 0 Å². The molecule has 2 aliphatic heterocycles. The molecule has 3 rings (SSSR count). The van der Waals surface area contributed by atoms with Gasteiger partial charge in [-0.15, -0.1) is 0 Å². The SMILES string of the molecule is NCc1ccc(CN2CC(=O)N3CCCC3C2=O)cc1. The monoisotopic (exact) mass is 273 g/mol. The van der Waals surface area contributed by atoms with Gasteiger partial charge in [0.25, 0.3) is 0 Å². The molecule has 5 nitrogen and oxygen atoms in total. The van der Waals surface area contributed by atoms with Crippen molar-refractivity contribution < 1.29 is 9.59 Å². The van der Waals surface area contributed by atoms with E-state index >= 15 is 0 Å². The number of benzene rings is 1. The minimum absolute atomic E-state index is 0.0747. The lowest BCUT2D eigenvalue weighted by molar-refractivity contribution is -0.154. The summed E-state index contributed by atoms with van der Waals surface area (Å²) in [5.41, 5.74) is 7.67. The minimum Gasteiger partial charge on any atom is -0.329 e. The van der Waals surface area contributed by atoms with E-state index in [4.69, 9.17) is 5.73 Å². The van der Waals surface area contributed by atoms with Gasteiger partial charge >= 0.3 is 0 Å². The van der Waals surface area contributed by atoms with Crippen molar-refractivity contribution in [1.29, 1.82) is 0 Å². The summed E-state index contributed by atoms with van der Waals surface area (Å²) in [5.74, 6) is 0.163. The lowest BCUT2D eigenvalue weighted by Gasteiger charge is -2.36. The van der Waals surface area contributed by atoms with E-state index in [1.54, 1.807) is 9.80 Å². The molecule has 2 amide bonds. The predicted molar refractivity (Wildman–Crippen MR) is 74.5 cm³/mol. The average molecular weight is 273 g/mol. The van der Waals surface area contributed by atoms with E-state index in [1.807, 2.05) is 24.3 Å². The number of amides is 2. The summed E-state index contributed by atoms with van der Waals surface area (Å²) in [6, 6.07) is 7.66. The number of nitrogens with zero attached hydrogens (tertiary/aromatic N) is 2. The van der Waals surface area contributed by atoms with Gasteiger partial charge in [-0.2, -0.15) is 0 Å². The Bertz CT molecular complexity index is 526. The van der Waals surface area contributed by atoms with E-state index in [1.165, 1.54) is 0 Å². The van der Waals surface area contributed by atoms with Gasteiger partial charge in [0.05, 0.1) is 0 Å². The summed E-state index contributed by atoms with van der Waals surface area (Å²) in [7, 11) is 0. The molecule has 2 fully saturated rings. The van der Waals surface area contributed by atoms with E-state index in [9.17, 15) is 9.59 Å². The Morgan fingerprint density at radius 3 is 2.55 bits per heavy atom. The fourth-order valence-corrected chi connectivity index (χ4v) is 3.00. The highest BCUT2D eigenvalue weighted by molar-refractivity contribution is 5.95. The Morgan fingerprint density at radius 2 is 1.85 bits per heavy atom. The maximum absolute atomic E-state index is 12.4. The van der Waals surface area contributed by atoms with E-state index in [0.717, 1.165) is 30.5 Å². The third kappa shape index (κ3) is 2.29. The first kappa shape index (κ1) is 13.1. The van der Waals surface area contributed by atoms with Gasteiger partial charge in [-0.3, -0.25) is 9.59 Å². The molecule has 5 heteroatoms. The number of carbonyl (C=O) groups is 2. The van der Waals surface area contributed by atoms with Crippen LogP contribution in [0.3, 0.4) is 0 Å². The number of carbonyl (C=O) groups excluding carboxylic acids is 2. The first-order valence-corrected chi connectivity index (χ1v) is 7.05. The number of hydrogen-bond donors (Lipinski definition) is 1. The minimum atomic E-state index is -0.223. The zero-order valence-corrected chi connectivity index (χ0v) is 11.4. The van der Waals surface area contributed by atoms with E-state index in [-0.39, 0.29) is 24.4 Å². The van der Waals surface area contributed by atoms with Gasteiger partial charge in [0, 0.05) is 19.6 Å². The van der Waals surface area contributed by atoms with Gasteiger partial charge in [-0.05, 0) is 24.0 Å². The number of nitrogens with two attached hydrogens (primary N) is 1. The molecular weight excluding hydrogens is 254 g/mol. The van der Waals surface area contributed by atoms with Crippen LogP contribution in [0.25, 0.3) is 0 Å². The van der Waals surface area contributed by atoms with E-state index in [2.05, 4.69) is 0 Å². The van der Waals surface area contributed by atoms with Crippen molar-refractivity contribution in [2.75, 3.05) is 13.1 Å². The number of rotatable bonds is 3. The Labute approximate surface area is 118 Å². The molecule has 1 atom stereocenters. The Morgan fingerprint density at radius 1 is 1.15 bits per heavy atom. The van der Waals surface area contributed by atoms with Crippen LogP contribution in [0.5, 0.6) is 0 Å². The van der Waals surface area contributed by atoms with Crippen molar-refractivity contribution in [2.45, 2.75) is 32.0 Å². The third-order valence-electron chi connectivity index (χ3n) is 4.13. The molecule has 0 saturated carbocycles. The van der Waals surface area contributed by atoms with Crippen molar-refractivity contribution in [3.8, 4) is 0 Å². The molecular formula is C15H19N3O2. The Balaban J connectivity index is 1.73. The molecule has 0 spiro atoms. The van der Waals surface area contributed by atoms with Crippen LogP contribution >= 0.6 is 0 Å². The lowest BCUT2D eigenvalue weighted by atomic mass is 10.1. The maximum Gasteiger partial charge on any atom is 0.246 e. The van der Waals surface area contributed by atoms with Crippen LogP contribution in [0.15, 0.2) is 24.3 Å². The van der Waals surface area contributed by atoms with Crippen LogP contribution < -0.4 is 5.73 Å². The molecule has 0 bridgehead atoms. The van der Waals surface area contributed by atoms with Gasteiger partial charge in [-0.25, -0.2) is 0 Å². The molecule has 106 valence electrons. The van der Waals surface area contributed by atoms with Gasteiger partial charge in [0.2, 0.25) is 11.8 Å². The van der Waals surface area contributed by atoms with Crippen molar-refractivity contribution in [3.05, 3.63) is 35.4 Å². The first-order chi connectivity index (χ1) is 9.69. The fraction of sp³-hybridized carbons (Fsp3) is 0.467. The van der Waals surface area contributed by atoms with Crippen LogP contribution in [0.4, 0.5) is 0 Å². The van der Waals surface area contributed by atoms with Crippen LogP contribution in [-0.2, 0) is 22.7 Å². The second-order valence-corrected chi connectivity index (χ2v) is 5.46. The zero-order chi connectivity index (χ0) is 14.1. The third-order valence-corrected chi connectivity index (χ3v) is 4.13. The summed E-state index contributed by atoms with van der Waals surface area (Å²) < 4.78 is 0. The second kappa shape index (κ2) is 5.25. The zero-order valence-electron chi connectivity index (χ0n) is 11.4. The average Bonchev–Trinajstić information content (AvgIpc) is 2.95. The van der Waals surface area contributed by atoms with Gasteiger partial charge in [0.15, 0.2) is 0 Å². The summed E-state index contributed by atoms with van der Waals surface area (Å²) >= 11 is 0. The number of hydrogen-bond acceptors (Lipinski definition) is 3. The van der Waals surface area contributed by atoms with Crippen LogP contribution in [0, 0.1) is 0 Å². The summed E-state index contributed by atoms with van der Waals surface area (Å²) in [6.45, 7) is 1.94. The van der Waals surface area contributed by atoms with Crippen LogP contribution in [0.1, 0.15) is 24.0 Å². The number of fused-ring (bicyclic) bond motifs is 1.